The lowest BCUT2D eigenvalue weighted by Crippen LogP contribution is -2.31. The largest absolute Gasteiger partial charge is 0.489 e. The molecule has 0 saturated heterocycles. The van der Waals surface area contributed by atoms with Gasteiger partial charge in [-0.3, -0.25) is 0 Å². The van der Waals surface area contributed by atoms with Crippen LogP contribution in [0.15, 0.2) is 235 Å². The van der Waals surface area contributed by atoms with E-state index in [1.54, 1.807) is 0 Å². The van der Waals surface area contributed by atoms with Crippen molar-refractivity contribution in [3.63, 3.8) is 0 Å². The third-order valence-corrected chi connectivity index (χ3v) is 13.5. The average molecular weight is 884 g/mol. The molecule has 12 rings (SSSR count). The monoisotopic (exact) mass is 882 g/mol. The molecule has 12 aromatic rings. The van der Waals surface area contributed by atoms with Crippen LogP contribution in [-0.2, 0) is 0 Å². The predicted molar refractivity (Wildman–Crippen MR) is 277 cm³/mol. The van der Waals surface area contributed by atoms with Gasteiger partial charge in [-0.25, -0.2) is 0 Å². The molecule has 0 saturated carbocycles. The molecule has 0 unspecified atom stereocenters. The van der Waals surface area contributed by atoms with E-state index in [4.69, 9.17) is 0 Å². The van der Waals surface area contributed by atoms with Crippen LogP contribution in [0.5, 0.6) is 0 Å². The second-order valence-corrected chi connectivity index (χ2v) is 17.1. The minimum Gasteiger partial charge on any atom is -0.423 e. The summed E-state index contributed by atoms with van der Waals surface area (Å²) in [5.74, 6) is 0. The summed E-state index contributed by atoms with van der Waals surface area (Å²) in [6.07, 6.45) is 0. The summed E-state index contributed by atoms with van der Waals surface area (Å²) in [6, 6.07) is 81.0. The molecule has 0 aromatic heterocycles. The Morgan fingerprint density at radius 1 is 0.266 bits per heavy atom. The first-order valence-electron chi connectivity index (χ1n) is 21.6. The van der Waals surface area contributed by atoms with Crippen molar-refractivity contribution in [1.29, 1.82) is 0 Å². The molecule has 0 fully saturated rings. The number of hydrogen-bond acceptors (Lipinski definition) is 2. The Morgan fingerprint density at radius 2 is 0.547 bits per heavy atom. The zero-order chi connectivity index (χ0) is 43.1. The van der Waals surface area contributed by atoms with Gasteiger partial charge in [-0.15, -0.1) is 0 Å². The van der Waals surface area contributed by atoms with Crippen molar-refractivity contribution in [3.8, 4) is 44.5 Å². The maximum atomic E-state index is 10.2. The van der Waals surface area contributed by atoms with E-state index in [1.165, 1.54) is 76.5 Å². The highest BCUT2D eigenvalue weighted by Crippen LogP contribution is 2.42. The number of fused-ring (bicyclic) bond motifs is 6. The van der Waals surface area contributed by atoms with Crippen molar-refractivity contribution in [2.24, 2.45) is 0 Å². The number of hydrogen-bond donors (Lipinski definition) is 2. The van der Waals surface area contributed by atoms with E-state index in [-0.39, 0.29) is 0 Å². The van der Waals surface area contributed by atoms with Crippen molar-refractivity contribution in [1.82, 2.24) is 0 Å². The molecule has 0 bridgehead atoms. The molecular formula is C60H40BBrO2. The van der Waals surface area contributed by atoms with Crippen LogP contribution in [0.3, 0.4) is 0 Å². The van der Waals surface area contributed by atoms with E-state index in [0.717, 1.165) is 37.1 Å². The molecule has 302 valence electrons. The number of benzene rings is 12. The SMILES string of the molecule is Brc1c2ccccc2c(-c2ccc(-c3ccc4ccccc4c3)cc2)c2ccccc12.OB(O)c1c2ccccc2c(-c2ccc(-c3ccc4ccccc4c3)cc2)c2ccccc12. The third kappa shape index (κ3) is 7.12. The Labute approximate surface area is 380 Å². The molecule has 0 aliphatic heterocycles. The fourth-order valence-electron chi connectivity index (χ4n) is 9.53. The van der Waals surface area contributed by atoms with E-state index in [2.05, 4.69) is 210 Å². The molecule has 0 radical (unpaired) electrons. The average Bonchev–Trinajstić information content (AvgIpc) is 3.36. The van der Waals surface area contributed by atoms with E-state index >= 15 is 0 Å². The molecular weight excluding hydrogens is 843 g/mol. The Balaban J connectivity index is 0.000000143. The molecule has 0 aliphatic carbocycles. The summed E-state index contributed by atoms with van der Waals surface area (Å²) in [5, 5.41) is 34.1. The summed E-state index contributed by atoms with van der Waals surface area (Å²) in [5.41, 5.74) is 10.1. The van der Waals surface area contributed by atoms with Crippen molar-refractivity contribution in [2.45, 2.75) is 0 Å². The first kappa shape index (κ1) is 39.5. The zero-order valence-corrected chi connectivity index (χ0v) is 36.4. The smallest absolute Gasteiger partial charge is 0.423 e. The van der Waals surface area contributed by atoms with Gasteiger partial charge in [0.05, 0.1) is 0 Å². The Hall–Kier alpha value is -7.34. The van der Waals surface area contributed by atoms with Crippen LogP contribution in [0.25, 0.3) is 109 Å². The Morgan fingerprint density at radius 3 is 0.922 bits per heavy atom. The fourth-order valence-corrected chi connectivity index (χ4v) is 10.2. The van der Waals surface area contributed by atoms with E-state index < -0.39 is 7.12 Å². The summed E-state index contributed by atoms with van der Waals surface area (Å²) >= 11 is 3.85. The second kappa shape index (κ2) is 16.7. The van der Waals surface area contributed by atoms with Crippen LogP contribution >= 0.6 is 15.9 Å². The van der Waals surface area contributed by atoms with Crippen LogP contribution in [-0.4, -0.2) is 17.2 Å². The molecule has 0 amide bonds. The topological polar surface area (TPSA) is 40.5 Å². The third-order valence-electron chi connectivity index (χ3n) is 12.6. The van der Waals surface area contributed by atoms with Gasteiger partial charge in [0.25, 0.3) is 0 Å². The van der Waals surface area contributed by atoms with Crippen LogP contribution in [0.1, 0.15) is 0 Å². The van der Waals surface area contributed by atoms with Crippen LogP contribution in [0, 0.1) is 0 Å². The lowest BCUT2D eigenvalue weighted by atomic mass is 9.72. The van der Waals surface area contributed by atoms with Gasteiger partial charge in [-0.1, -0.05) is 218 Å². The van der Waals surface area contributed by atoms with Crippen molar-refractivity contribution < 1.29 is 10.0 Å². The van der Waals surface area contributed by atoms with Gasteiger partial charge < -0.3 is 10.0 Å². The van der Waals surface area contributed by atoms with Gasteiger partial charge in [-0.05, 0) is 143 Å². The van der Waals surface area contributed by atoms with Gasteiger partial charge in [0, 0.05) is 4.47 Å². The van der Waals surface area contributed by atoms with Gasteiger partial charge >= 0.3 is 7.12 Å². The standard InChI is InChI=1S/C30H21BO2.C30H19Br/c32-31(33)30-27-11-5-3-9-25(27)29(26-10-4-6-12-28(26)30)22-16-13-21(14-17-22)24-18-15-20-7-1-2-8-23(20)19-24;31-30-27-11-5-3-9-25(27)29(26-10-4-6-12-28(26)30)22-16-13-21(14-17-22)24-18-15-20-7-1-2-8-23(20)19-24/h1-19,32-33H;1-19H. The summed E-state index contributed by atoms with van der Waals surface area (Å²) in [6.45, 7) is 0. The van der Waals surface area contributed by atoms with Crippen molar-refractivity contribution >= 4 is 93.1 Å². The lowest BCUT2D eigenvalue weighted by Gasteiger charge is -2.17. The molecule has 64 heavy (non-hydrogen) atoms. The minimum atomic E-state index is -1.54. The van der Waals surface area contributed by atoms with Gasteiger partial charge in [0.1, 0.15) is 0 Å². The van der Waals surface area contributed by atoms with Crippen molar-refractivity contribution in [2.75, 3.05) is 0 Å². The summed E-state index contributed by atoms with van der Waals surface area (Å²) in [4.78, 5) is 0. The van der Waals surface area contributed by atoms with Gasteiger partial charge in [0.15, 0.2) is 0 Å². The molecule has 0 spiro atoms. The van der Waals surface area contributed by atoms with E-state index in [0.29, 0.717) is 5.46 Å². The zero-order valence-electron chi connectivity index (χ0n) is 34.8. The Kier molecular flexibility index (Phi) is 10.3. The number of halogens is 1. The fraction of sp³-hybridized carbons (Fsp3) is 0. The number of rotatable bonds is 5. The van der Waals surface area contributed by atoms with E-state index in [1.807, 2.05) is 36.4 Å². The van der Waals surface area contributed by atoms with Crippen LogP contribution in [0.2, 0.25) is 0 Å². The molecule has 0 heterocycles. The Bertz CT molecular complexity index is 3600. The normalized spacial score (nSPS) is 11.4. The second-order valence-electron chi connectivity index (χ2n) is 16.3. The van der Waals surface area contributed by atoms with Gasteiger partial charge in [-0.2, -0.15) is 0 Å². The highest BCUT2D eigenvalue weighted by molar-refractivity contribution is 9.10. The van der Waals surface area contributed by atoms with E-state index in [9.17, 15) is 10.0 Å². The van der Waals surface area contributed by atoms with Crippen LogP contribution in [0.4, 0.5) is 0 Å². The first-order chi connectivity index (χ1) is 31.5. The minimum absolute atomic E-state index is 0.553. The van der Waals surface area contributed by atoms with Crippen molar-refractivity contribution in [3.05, 3.63) is 235 Å². The highest BCUT2D eigenvalue weighted by atomic mass is 79.9. The maximum absolute atomic E-state index is 10.2. The maximum Gasteiger partial charge on any atom is 0.489 e. The highest BCUT2D eigenvalue weighted by Gasteiger charge is 2.22. The molecule has 2 nitrogen and oxygen atoms in total. The summed E-state index contributed by atoms with van der Waals surface area (Å²) < 4.78 is 1.16. The van der Waals surface area contributed by atoms with Crippen LogP contribution < -0.4 is 5.46 Å². The predicted octanol–water partition coefficient (Wildman–Crippen LogP) is 15.4. The molecule has 2 N–H and O–H groups in total. The molecule has 4 heteroatoms. The lowest BCUT2D eigenvalue weighted by molar-refractivity contribution is 0.426. The molecule has 0 aliphatic rings. The molecule has 0 atom stereocenters. The molecule has 12 aromatic carbocycles. The quantitative estimate of drug-likeness (QED) is 0.134. The first-order valence-corrected chi connectivity index (χ1v) is 22.4. The van der Waals surface area contributed by atoms with Gasteiger partial charge in [0.2, 0.25) is 0 Å². The summed E-state index contributed by atoms with van der Waals surface area (Å²) in [7, 11) is -1.54.